The zero-order valence-electron chi connectivity index (χ0n) is 10.5. The third-order valence-electron chi connectivity index (χ3n) is 2.65. The molecule has 0 atom stereocenters. The quantitative estimate of drug-likeness (QED) is 0.755. The summed E-state index contributed by atoms with van der Waals surface area (Å²) in [5.74, 6) is 1.26. The van der Waals surface area contributed by atoms with Crippen molar-refractivity contribution in [3.05, 3.63) is 29.7 Å². The lowest BCUT2D eigenvalue weighted by Gasteiger charge is -2.03. The number of Topliss-reactive ketones (excluding diaryl/α,β-unsaturated/α-hetero) is 1. The fourth-order valence-electron chi connectivity index (χ4n) is 1.79. The number of benzene rings is 1. The molecule has 1 heterocycles. The highest BCUT2D eigenvalue weighted by Gasteiger charge is 2.11. The van der Waals surface area contributed by atoms with E-state index in [1.165, 1.54) is 0 Å². The predicted octanol–water partition coefficient (Wildman–Crippen LogP) is 3.62. The summed E-state index contributed by atoms with van der Waals surface area (Å²) in [6, 6.07) is 5.47. The van der Waals surface area contributed by atoms with E-state index < -0.39 is 0 Å². The van der Waals surface area contributed by atoms with Gasteiger partial charge in [-0.2, -0.15) is 0 Å². The van der Waals surface area contributed by atoms with Gasteiger partial charge in [-0.3, -0.25) is 4.79 Å². The smallest absolute Gasteiger partial charge is 0.195 e. The van der Waals surface area contributed by atoms with E-state index in [0.29, 0.717) is 18.2 Å². The lowest BCUT2D eigenvalue weighted by molar-refractivity contribution is 0.0968. The highest BCUT2D eigenvalue weighted by atomic mass is 16.3. The summed E-state index contributed by atoms with van der Waals surface area (Å²) < 4.78 is 5.51. The number of hydrogen-bond donors (Lipinski definition) is 0. The van der Waals surface area contributed by atoms with Crippen molar-refractivity contribution in [2.45, 2.75) is 33.6 Å². The van der Waals surface area contributed by atoms with Crippen LogP contribution >= 0.6 is 0 Å². The molecule has 0 saturated carbocycles. The van der Waals surface area contributed by atoms with Crippen molar-refractivity contribution in [3.63, 3.8) is 0 Å². The molecule has 0 aliphatic heterocycles. The van der Waals surface area contributed by atoms with E-state index >= 15 is 0 Å². The molecular weight excluding hydrogens is 214 g/mol. The van der Waals surface area contributed by atoms with Crippen LogP contribution in [0.5, 0.6) is 0 Å². The molecule has 0 aliphatic carbocycles. The number of aromatic nitrogens is 1. The van der Waals surface area contributed by atoms with E-state index in [2.05, 4.69) is 4.98 Å². The van der Waals surface area contributed by atoms with Crippen molar-refractivity contribution in [1.82, 2.24) is 4.98 Å². The van der Waals surface area contributed by atoms with Gasteiger partial charge < -0.3 is 4.42 Å². The monoisotopic (exact) mass is 231 g/mol. The molecule has 0 unspecified atom stereocenters. The van der Waals surface area contributed by atoms with Gasteiger partial charge in [-0.05, 0) is 24.1 Å². The van der Waals surface area contributed by atoms with E-state index in [1.807, 2.05) is 39.0 Å². The van der Waals surface area contributed by atoms with Crippen LogP contribution in [-0.4, -0.2) is 10.8 Å². The van der Waals surface area contributed by atoms with E-state index in [-0.39, 0.29) is 5.78 Å². The van der Waals surface area contributed by atoms with Crippen LogP contribution in [0.4, 0.5) is 0 Å². The minimum absolute atomic E-state index is 0.169. The van der Waals surface area contributed by atoms with Gasteiger partial charge in [0, 0.05) is 18.4 Å². The molecule has 0 saturated heterocycles. The Bertz CT molecular complexity index is 540. The number of oxazole rings is 1. The average molecular weight is 231 g/mol. The van der Waals surface area contributed by atoms with Crippen LogP contribution in [-0.2, 0) is 6.42 Å². The molecule has 3 nitrogen and oxygen atoms in total. The molecule has 0 spiro atoms. The summed E-state index contributed by atoms with van der Waals surface area (Å²) >= 11 is 0. The van der Waals surface area contributed by atoms with Crippen LogP contribution in [0.1, 0.15) is 43.4 Å². The number of fused-ring (bicyclic) bond motifs is 1. The number of hydrogen-bond acceptors (Lipinski definition) is 3. The third kappa shape index (κ3) is 2.54. The van der Waals surface area contributed by atoms with Crippen molar-refractivity contribution >= 4 is 16.9 Å². The van der Waals surface area contributed by atoms with Crippen molar-refractivity contribution in [1.29, 1.82) is 0 Å². The Morgan fingerprint density at radius 3 is 2.82 bits per heavy atom. The molecule has 17 heavy (non-hydrogen) atoms. The molecule has 1 aromatic heterocycles. The van der Waals surface area contributed by atoms with E-state index in [0.717, 1.165) is 23.1 Å². The first-order chi connectivity index (χ1) is 8.10. The minimum atomic E-state index is 0.169. The number of carbonyl (C=O) groups is 1. The number of nitrogens with zero attached hydrogens (tertiary/aromatic N) is 1. The van der Waals surface area contributed by atoms with Crippen LogP contribution in [0.3, 0.4) is 0 Å². The Morgan fingerprint density at radius 2 is 2.18 bits per heavy atom. The lowest BCUT2D eigenvalue weighted by Crippen LogP contribution is -2.03. The zero-order valence-corrected chi connectivity index (χ0v) is 10.5. The topological polar surface area (TPSA) is 43.1 Å². The maximum Gasteiger partial charge on any atom is 0.195 e. The highest BCUT2D eigenvalue weighted by Crippen LogP contribution is 2.19. The molecule has 2 rings (SSSR count). The summed E-state index contributed by atoms with van der Waals surface area (Å²) in [6.07, 6.45) is 1.34. The van der Waals surface area contributed by atoms with Gasteiger partial charge in [0.1, 0.15) is 5.52 Å². The van der Waals surface area contributed by atoms with Crippen LogP contribution < -0.4 is 0 Å². The second-order valence-electron chi connectivity index (χ2n) is 4.66. The molecule has 2 aromatic rings. The second-order valence-corrected chi connectivity index (χ2v) is 4.66. The first-order valence-corrected chi connectivity index (χ1v) is 6.02. The molecule has 1 aromatic carbocycles. The number of carbonyl (C=O) groups excluding carboxylic acids is 1. The van der Waals surface area contributed by atoms with Crippen LogP contribution in [0.15, 0.2) is 22.6 Å². The summed E-state index contributed by atoms with van der Waals surface area (Å²) in [5.41, 5.74) is 2.25. The minimum Gasteiger partial charge on any atom is -0.441 e. The second kappa shape index (κ2) is 4.70. The van der Waals surface area contributed by atoms with Crippen LogP contribution in [0.2, 0.25) is 0 Å². The van der Waals surface area contributed by atoms with Gasteiger partial charge in [0.2, 0.25) is 0 Å². The zero-order chi connectivity index (χ0) is 12.4. The molecule has 0 aliphatic rings. The molecule has 3 heteroatoms. The highest BCUT2D eigenvalue weighted by molar-refractivity contribution is 5.98. The lowest BCUT2D eigenvalue weighted by atomic mass is 10.0. The SMILES string of the molecule is CCc1nc2cc(C(=O)CC(C)C)ccc2o1. The largest absolute Gasteiger partial charge is 0.441 e. The maximum atomic E-state index is 11.9. The fourth-order valence-corrected chi connectivity index (χ4v) is 1.79. The maximum absolute atomic E-state index is 11.9. The van der Waals surface area contributed by atoms with Crippen LogP contribution in [0, 0.1) is 5.92 Å². The van der Waals surface area contributed by atoms with Gasteiger partial charge in [-0.15, -0.1) is 0 Å². The summed E-state index contributed by atoms with van der Waals surface area (Å²) in [6.45, 7) is 6.08. The van der Waals surface area contributed by atoms with E-state index in [1.54, 1.807) is 0 Å². The molecule has 0 N–H and O–H groups in total. The number of aryl methyl sites for hydroxylation is 1. The fraction of sp³-hybridized carbons (Fsp3) is 0.429. The van der Waals surface area contributed by atoms with Gasteiger partial charge in [0.05, 0.1) is 0 Å². The van der Waals surface area contributed by atoms with Crippen molar-refractivity contribution in [2.24, 2.45) is 5.92 Å². The Kier molecular flexibility index (Phi) is 3.27. The third-order valence-corrected chi connectivity index (χ3v) is 2.65. The summed E-state index contributed by atoms with van der Waals surface area (Å²) in [4.78, 5) is 16.3. The van der Waals surface area contributed by atoms with Crippen molar-refractivity contribution < 1.29 is 9.21 Å². The Morgan fingerprint density at radius 1 is 1.41 bits per heavy atom. The molecule has 90 valence electrons. The van der Waals surface area contributed by atoms with Gasteiger partial charge >= 0.3 is 0 Å². The Balaban J connectivity index is 2.33. The van der Waals surface area contributed by atoms with Crippen molar-refractivity contribution in [3.8, 4) is 0 Å². The molecule has 0 bridgehead atoms. The van der Waals surface area contributed by atoms with Crippen LogP contribution in [0.25, 0.3) is 11.1 Å². The first-order valence-electron chi connectivity index (χ1n) is 6.02. The number of rotatable bonds is 4. The summed E-state index contributed by atoms with van der Waals surface area (Å²) in [5, 5.41) is 0. The summed E-state index contributed by atoms with van der Waals surface area (Å²) in [7, 11) is 0. The van der Waals surface area contributed by atoms with E-state index in [9.17, 15) is 4.79 Å². The average Bonchev–Trinajstić information content (AvgIpc) is 2.69. The normalized spacial score (nSPS) is 11.3. The first kappa shape index (κ1) is 11.8. The molecule has 0 amide bonds. The predicted molar refractivity (Wildman–Crippen MR) is 67.2 cm³/mol. The molecular formula is C14H17NO2. The number of ketones is 1. The molecule has 0 fully saturated rings. The Hall–Kier alpha value is -1.64. The van der Waals surface area contributed by atoms with Gasteiger partial charge in [0.15, 0.2) is 17.3 Å². The van der Waals surface area contributed by atoms with E-state index in [4.69, 9.17) is 4.42 Å². The van der Waals surface area contributed by atoms with Crippen molar-refractivity contribution in [2.75, 3.05) is 0 Å². The standard InChI is InChI=1S/C14H17NO2/c1-4-14-15-11-8-10(5-6-13(11)17-14)12(16)7-9(2)3/h5-6,8-9H,4,7H2,1-3H3. The molecule has 0 radical (unpaired) electrons. The Labute approximate surface area is 101 Å². The van der Waals surface area contributed by atoms with Gasteiger partial charge in [-0.25, -0.2) is 4.98 Å². The van der Waals surface area contributed by atoms with Gasteiger partial charge in [-0.1, -0.05) is 20.8 Å². The van der Waals surface area contributed by atoms with Gasteiger partial charge in [0.25, 0.3) is 0 Å².